The molecule has 1 heterocycles. The van der Waals surface area contributed by atoms with E-state index in [-0.39, 0.29) is 0 Å². The third kappa shape index (κ3) is 3.34. The zero-order chi connectivity index (χ0) is 17.8. The van der Waals surface area contributed by atoms with Crippen molar-refractivity contribution in [2.24, 2.45) is 0 Å². The van der Waals surface area contributed by atoms with E-state index in [1.54, 1.807) is 27.5 Å². The van der Waals surface area contributed by atoms with Crippen LogP contribution in [0.15, 0.2) is 48.7 Å². The van der Waals surface area contributed by atoms with Crippen LogP contribution in [0.1, 0.15) is 11.3 Å². The number of nitrogens with one attached hydrogen (secondary N) is 1. The minimum absolute atomic E-state index is 0.533. The van der Waals surface area contributed by atoms with Gasteiger partial charge in [0.2, 0.25) is 5.75 Å². The standard InChI is InChI=1S/C19H18N2O3S/c1-22-15-9-13(10-16(23-2)17(15)24-3)18(25)14-11-20-19(21-14)12-7-5-4-6-8-12/h4-11H,1-3H3,(H,20,21). The van der Waals surface area contributed by atoms with Crippen LogP contribution in [0, 0.1) is 0 Å². The Balaban J connectivity index is 1.97. The summed E-state index contributed by atoms with van der Waals surface area (Å²) in [5.41, 5.74) is 2.54. The molecule has 0 saturated carbocycles. The van der Waals surface area contributed by atoms with E-state index in [0.717, 1.165) is 22.6 Å². The van der Waals surface area contributed by atoms with Gasteiger partial charge in [0, 0.05) is 11.1 Å². The van der Waals surface area contributed by atoms with Gasteiger partial charge in [0.05, 0.1) is 38.1 Å². The average molecular weight is 354 g/mol. The van der Waals surface area contributed by atoms with Crippen LogP contribution >= 0.6 is 12.2 Å². The van der Waals surface area contributed by atoms with Crippen molar-refractivity contribution in [3.63, 3.8) is 0 Å². The lowest BCUT2D eigenvalue weighted by molar-refractivity contribution is 0.324. The third-order valence-electron chi connectivity index (χ3n) is 3.79. The fourth-order valence-corrected chi connectivity index (χ4v) is 2.77. The summed E-state index contributed by atoms with van der Waals surface area (Å²) in [6.45, 7) is 0. The lowest BCUT2D eigenvalue weighted by Crippen LogP contribution is -2.03. The monoisotopic (exact) mass is 354 g/mol. The highest BCUT2D eigenvalue weighted by Crippen LogP contribution is 2.38. The van der Waals surface area contributed by atoms with Crippen LogP contribution in [0.3, 0.4) is 0 Å². The molecule has 0 spiro atoms. The molecular formula is C19H18N2O3S. The normalized spacial score (nSPS) is 10.4. The first-order chi connectivity index (χ1) is 12.2. The molecule has 0 fully saturated rings. The second kappa shape index (κ2) is 7.36. The number of methoxy groups -OCH3 is 3. The minimum Gasteiger partial charge on any atom is -0.493 e. The zero-order valence-electron chi connectivity index (χ0n) is 14.2. The van der Waals surface area contributed by atoms with Crippen molar-refractivity contribution in [2.75, 3.05) is 21.3 Å². The highest BCUT2D eigenvalue weighted by molar-refractivity contribution is 7.81. The molecule has 25 heavy (non-hydrogen) atoms. The first kappa shape index (κ1) is 17.0. The fraction of sp³-hybridized carbons (Fsp3) is 0.158. The molecular weight excluding hydrogens is 336 g/mol. The van der Waals surface area contributed by atoms with Crippen molar-refractivity contribution >= 4 is 17.1 Å². The van der Waals surface area contributed by atoms with Crippen molar-refractivity contribution in [2.45, 2.75) is 0 Å². The molecule has 0 saturated heterocycles. The van der Waals surface area contributed by atoms with Gasteiger partial charge in [0.25, 0.3) is 0 Å². The maximum atomic E-state index is 5.62. The van der Waals surface area contributed by atoms with Gasteiger partial charge in [-0.1, -0.05) is 42.5 Å². The summed E-state index contributed by atoms with van der Waals surface area (Å²) in [4.78, 5) is 8.31. The first-order valence-corrected chi connectivity index (χ1v) is 8.04. The van der Waals surface area contributed by atoms with Crippen LogP contribution in [-0.4, -0.2) is 36.2 Å². The summed E-state index contributed by atoms with van der Waals surface area (Å²) in [6.07, 6.45) is 1.73. The molecule has 0 amide bonds. The maximum absolute atomic E-state index is 5.62. The molecule has 2 aromatic carbocycles. The van der Waals surface area contributed by atoms with Crippen molar-refractivity contribution < 1.29 is 14.2 Å². The molecule has 3 rings (SSSR count). The Bertz CT molecular complexity index is 866. The van der Waals surface area contributed by atoms with Crippen molar-refractivity contribution in [3.05, 3.63) is 59.9 Å². The van der Waals surface area contributed by atoms with E-state index in [9.17, 15) is 0 Å². The summed E-state index contributed by atoms with van der Waals surface area (Å²) in [7, 11) is 4.72. The molecule has 1 N–H and O–H groups in total. The van der Waals surface area contributed by atoms with Gasteiger partial charge in [0.1, 0.15) is 5.82 Å². The molecule has 0 radical (unpaired) electrons. The molecule has 0 atom stereocenters. The van der Waals surface area contributed by atoms with Crippen molar-refractivity contribution in [3.8, 4) is 28.6 Å². The Kier molecular flexibility index (Phi) is 5.00. The fourth-order valence-electron chi connectivity index (χ4n) is 2.55. The Hall–Kier alpha value is -2.86. The average Bonchev–Trinajstić information content (AvgIpc) is 3.17. The number of thiocarbonyl (C=S) groups is 1. The Morgan fingerprint density at radius 1 is 0.960 bits per heavy atom. The molecule has 6 heteroatoms. The van der Waals surface area contributed by atoms with Gasteiger partial charge in [-0.25, -0.2) is 4.98 Å². The molecule has 1 aromatic heterocycles. The van der Waals surface area contributed by atoms with Gasteiger partial charge in [-0.3, -0.25) is 0 Å². The van der Waals surface area contributed by atoms with Crippen LogP contribution in [-0.2, 0) is 0 Å². The quantitative estimate of drug-likeness (QED) is 0.538. The highest BCUT2D eigenvalue weighted by Gasteiger charge is 2.17. The summed E-state index contributed by atoms with van der Waals surface area (Å²) in [5, 5.41) is 0. The van der Waals surface area contributed by atoms with E-state index >= 15 is 0 Å². The predicted molar refractivity (Wildman–Crippen MR) is 101 cm³/mol. The molecule has 5 nitrogen and oxygen atoms in total. The van der Waals surface area contributed by atoms with Gasteiger partial charge in [-0.05, 0) is 12.1 Å². The van der Waals surface area contributed by atoms with E-state index in [1.165, 1.54) is 0 Å². The number of aromatic nitrogens is 2. The van der Waals surface area contributed by atoms with E-state index in [0.29, 0.717) is 22.1 Å². The van der Waals surface area contributed by atoms with Gasteiger partial charge >= 0.3 is 0 Å². The third-order valence-corrected chi connectivity index (χ3v) is 4.25. The topological polar surface area (TPSA) is 56.4 Å². The number of hydrogen-bond donors (Lipinski definition) is 1. The Labute approximate surface area is 151 Å². The second-order valence-corrected chi connectivity index (χ2v) is 5.66. The first-order valence-electron chi connectivity index (χ1n) is 7.63. The van der Waals surface area contributed by atoms with Gasteiger partial charge < -0.3 is 19.2 Å². The molecule has 0 bridgehead atoms. The number of aromatic amines is 1. The van der Waals surface area contributed by atoms with Crippen LogP contribution < -0.4 is 14.2 Å². The molecule has 0 unspecified atom stereocenters. The smallest absolute Gasteiger partial charge is 0.203 e. The van der Waals surface area contributed by atoms with E-state index < -0.39 is 0 Å². The lowest BCUT2D eigenvalue weighted by atomic mass is 10.1. The number of benzene rings is 2. The summed E-state index contributed by atoms with van der Waals surface area (Å²) < 4.78 is 16.1. The molecule has 128 valence electrons. The maximum Gasteiger partial charge on any atom is 0.203 e. The molecule has 0 aliphatic carbocycles. The van der Waals surface area contributed by atoms with Crippen molar-refractivity contribution in [1.29, 1.82) is 0 Å². The number of ether oxygens (including phenoxy) is 3. The van der Waals surface area contributed by atoms with Crippen molar-refractivity contribution in [1.82, 2.24) is 9.97 Å². The van der Waals surface area contributed by atoms with E-state index in [1.807, 2.05) is 42.5 Å². The Morgan fingerprint density at radius 2 is 1.60 bits per heavy atom. The largest absolute Gasteiger partial charge is 0.493 e. The molecule has 0 aliphatic heterocycles. The number of nitrogens with zero attached hydrogens (tertiary/aromatic N) is 1. The number of hydrogen-bond acceptors (Lipinski definition) is 5. The number of imidazole rings is 1. The van der Waals surface area contributed by atoms with Crippen LogP contribution in [0.5, 0.6) is 17.2 Å². The SMILES string of the molecule is COc1cc(C(=S)c2cnc(-c3ccccc3)[nH]2)cc(OC)c1OC. The van der Waals surface area contributed by atoms with Gasteiger partial charge in [-0.2, -0.15) is 0 Å². The molecule has 3 aromatic rings. The van der Waals surface area contributed by atoms with Crippen LogP contribution in [0.4, 0.5) is 0 Å². The van der Waals surface area contributed by atoms with Gasteiger partial charge in [-0.15, -0.1) is 0 Å². The van der Waals surface area contributed by atoms with E-state index in [4.69, 9.17) is 26.4 Å². The van der Waals surface area contributed by atoms with E-state index in [2.05, 4.69) is 9.97 Å². The minimum atomic E-state index is 0.533. The lowest BCUT2D eigenvalue weighted by Gasteiger charge is -2.14. The predicted octanol–water partition coefficient (Wildman–Crippen LogP) is 3.87. The Morgan fingerprint density at radius 3 is 2.16 bits per heavy atom. The summed E-state index contributed by atoms with van der Waals surface area (Å²) in [5.74, 6) is 2.42. The van der Waals surface area contributed by atoms with Gasteiger partial charge in [0.15, 0.2) is 11.5 Å². The second-order valence-electron chi connectivity index (χ2n) is 5.25. The molecule has 0 aliphatic rings. The number of rotatable bonds is 6. The number of H-pyrrole nitrogens is 1. The van der Waals surface area contributed by atoms with Crippen LogP contribution in [0.25, 0.3) is 11.4 Å². The summed E-state index contributed by atoms with van der Waals surface area (Å²) in [6, 6.07) is 13.5. The van der Waals surface area contributed by atoms with Crippen LogP contribution in [0.2, 0.25) is 0 Å². The zero-order valence-corrected chi connectivity index (χ0v) is 15.0. The highest BCUT2D eigenvalue weighted by atomic mass is 32.1. The summed E-state index contributed by atoms with van der Waals surface area (Å²) >= 11 is 5.62.